The standard InChI is InChI=1S/C17H24N2O/c1-17(2)16(20)19(12-13-8-4-3-5-9-13)15-11-7-6-10-14(15)18-17/h3-5,8-9,14-15,18H,6-7,10-12H2,1-2H3/t14-,15-/m1/s1. The average molecular weight is 272 g/mol. The van der Waals surface area contributed by atoms with Crippen LogP contribution in [0.1, 0.15) is 45.1 Å². The van der Waals surface area contributed by atoms with Crippen molar-refractivity contribution in [3.63, 3.8) is 0 Å². The van der Waals surface area contributed by atoms with Crippen LogP contribution in [0.25, 0.3) is 0 Å². The predicted molar refractivity (Wildman–Crippen MR) is 80.3 cm³/mol. The summed E-state index contributed by atoms with van der Waals surface area (Å²) in [6.45, 7) is 4.77. The summed E-state index contributed by atoms with van der Waals surface area (Å²) in [4.78, 5) is 14.9. The van der Waals surface area contributed by atoms with Gasteiger partial charge in [-0.2, -0.15) is 0 Å². The molecule has 3 rings (SSSR count). The molecule has 1 aliphatic carbocycles. The van der Waals surface area contributed by atoms with Crippen molar-refractivity contribution < 1.29 is 4.79 Å². The molecule has 1 amide bonds. The molecule has 0 bridgehead atoms. The summed E-state index contributed by atoms with van der Waals surface area (Å²) in [6.07, 6.45) is 4.83. The largest absolute Gasteiger partial charge is 0.332 e. The number of amides is 1. The van der Waals surface area contributed by atoms with E-state index in [2.05, 4.69) is 22.3 Å². The van der Waals surface area contributed by atoms with Crippen molar-refractivity contribution in [2.24, 2.45) is 0 Å². The highest BCUT2D eigenvalue weighted by atomic mass is 16.2. The van der Waals surface area contributed by atoms with E-state index in [9.17, 15) is 4.79 Å². The normalized spacial score (nSPS) is 29.1. The van der Waals surface area contributed by atoms with Crippen molar-refractivity contribution in [2.45, 2.75) is 63.7 Å². The van der Waals surface area contributed by atoms with E-state index in [1.54, 1.807) is 0 Å². The Morgan fingerprint density at radius 3 is 2.65 bits per heavy atom. The van der Waals surface area contributed by atoms with Crippen molar-refractivity contribution in [1.82, 2.24) is 10.2 Å². The summed E-state index contributed by atoms with van der Waals surface area (Å²) in [5.74, 6) is 0.240. The summed E-state index contributed by atoms with van der Waals surface area (Å²) >= 11 is 0. The minimum absolute atomic E-state index is 0.240. The lowest BCUT2D eigenvalue weighted by Crippen LogP contribution is -2.70. The minimum Gasteiger partial charge on any atom is -0.332 e. The highest BCUT2D eigenvalue weighted by Crippen LogP contribution is 2.31. The van der Waals surface area contributed by atoms with Crippen molar-refractivity contribution in [3.8, 4) is 0 Å². The van der Waals surface area contributed by atoms with Crippen LogP contribution in [-0.4, -0.2) is 28.4 Å². The SMILES string of the molecule is CC1(C)N[C@@H]2CCCC[C@H]2N(Cc2ccccc2)C1=O. The Morgan fingerprint density at radius 2 is 1.90 bits per heavy atom. The van der Waals surface area contributed by atoms with E-state index < -0.39 is 5.54 Å². The molecule has 1 heterocycles. The van der Waals surface area contributed by atoms with Crippen molar-refractivity contribution in [3.05, 3.63) is 35.9 Å². The van der Waals surface area contributed by atoms with Crippen LogP contribution < -0.4 is 5.32 Å². The summed E-state index contributed by atoms with van der Waals surface area (Å²) in [7, 11) is 0. The van der Waals surface area contributed by atoms with Crippen LogP contribution in [-0.2, 0) is 11.3 Å². The Morgan fingerprint density at radius 1 is 1.20 bits per heavy atom. The molecule has 20 heavy (non-hydrogen) atoms. The molecule has 0 spiro atoms. The van der Waals surface area contributed by atoms with Crippen LogP contribution >= 0.6 is 0 Å². The summed E-state index contributed by atoms with van der Waals surface area (Å²) < 4.78 is 0. The molecule has 1 saturated heterocycles. The molecule has 108 valence electrons. The fourth-order valence-electron chi connectivity index (χ4n) is 3.66. The molecule has 3 heteroatoms. The van der Waals surface area contributed by atoms with Crippen molar-refractivity contribution >= 4 is 5.91 Å². The van der Waals surface area contributed by atoms with Crippen molar-refractivity contribution in [1.29, 1.82) is 0 Å². The number of carbonyl (C=O) groups excluding carboxylic acids is 1. The zero-order valence-electron chi connectivity index (χ0n) is 12.4. The van der Waals surface area contributed by atoms with Crippen molar-refractivity contribution in [2.75, 3.05) is 0 Å². The van der Waals surface area contributed by atoms with Crippen LogP contribution in [0.2, 0.25) is 0 Å². The first-order valence-electron chi connectivity index (χ1n) is 7.70. The van der Waals surface area contributed by atoms with Gasteiger partial charge in [0.15, 0.2) is 0 Å². The molecule has 1 N–H and O–H groups in total. The first-order valence-corrected chi connectivity index (χ1v) is 7.70. The van der Waals surface area contributed by atoms with E-state index in [0.717, 1.165) is 13.0 Å². The number of carbonyl (C=O) groups is 1. The molecule has 2 atom stereocenters. The number of fused-ring (bicyclic) bond motifs is 1. The third kappa shape index (κ3) is 2.47. The Hall–Kier alpha value is -1.35. The Labute approximate surface area is 121 Å². The van der Waals surface area contributed by atoms with Gasteiger partial charge in [-0.05, 0) is 32.3 Å². The lowest BCUT2D eigenvalue weighted by molar-refractivity contribution is -0.147. The van der Waals surface area contributed by atoms with E-state index >= 15 is 0 Å². The summed E-state index contributed by atoms with van der Waals surface area (Å²) in [5, 5.41) is 3.57. The zero-order valence-corrected chi connectivity index (χ0v) is 12.4. The van der Waals surface area contributed by atoms with Gasteiger partial charge in [0.1, 0.15) is 0 Å². The fraction of sp³-hybridized carbons (Fsp3) is 0.588. The second kappa shape index (κ2) is 5.21. The topological polar surface area (TPSA) is 32.3 Å². The number of hydrogen-bond donors (Lipinski definition) is 1. The number of nitrogens with zero attached hydrogens (tertiary/aromatic N) is 1. The first-order chi connectivity index (χ1) is 9.58. The van der Waals surface area contributed by atoms with Crippen LogP contribution in [0.3, 0.4) is 0 Å². The molecule has 2 aliphatic rings. The quantitative estimate of drug-likeness (QED) is 0.898. The van der Waals surface area contributed by atoms with Gasteiger partial charge in [-0.25, -0.2) is 0 Å². The molecule has 3 nitrogen and oxygen atoms in total. The monoisotopic (exact) mass is 272 g/mol. The highest BCUT2D eigenvalue weighted by molar-refractivity contribution is 5.86. The molecule has 0 radical (unpaired) electrons. The first kappa shape index (κ1) is 13.6. The maximum atomic E-state index is 12.8. The van der Waals surface area contributed by atoms with E-state index in [0.29, 0.717) is 12.1 Å². The second-order valence-electron chi connectivity index (χ2n) is 6.65. The lowest BCUT2D eigenvalue weighted by Gasteiger charge is -2.50. The van der Waals surface area contributed by atoms with Gasteiger partial charge in [-0.15, -0.1) is 0 Å². The lowest BCUT2D eigenvalue weighted by atomic mass is 9.82. The van der Waals surface area contributed by atoms with Crippen LogP contribution in [0.4, 0.5) is 0 Å². The van der Waals surface area contributed by atoms with Gasteiger partial charge in [-0.3, -0.25) is 10.1 Å². The summed E-state index contributed by atoms with van der Waals surface area (Å²) in [6, 6.07) is 11.2. The maximum Gasteiger partial charge on any atom is 0.242 e. The van der Waals surface area contributed by atoms with E-state index in [4.69, 9.17) is 0 Å². The molecular weight excluding hydrogens is 248 g/mol. The third-order valence-corrected chi connectivity index (χ3v) is 4.67. The number of nitrogens with one attached hydrogen (secondary N) is 1. The summed E-state index contributed by atoms with van der Waals surface area (Å²) in [5.41, 5.74) is 0.788. The third-order valence-electron chi connectivity index (χ3n) is 4.67. The molecule has 0 aromatic heterocycles. The van der Waals surface area contributed by atoms with E-state index in [-0.39, 0.29) is 5.91 Å². The Balaban J connectivity index is 1.86. The maximum absolute atomic E-state index is 12.8. The van der Waals surface area contributed by atoms with Gasteiger partial charge in [0, 0.05) is 18.6 Å². The molecule has 1 aromatic rings. The molecule has 0 unspecified atom stereocenters. The second-order valence-corrected chi connectivity index (χ2v) is 6.65. The molecule has 2 fully saturated rings. The Kier molecular flexibility index (Phi) is 3.55. The minimum atomic E-state index is -0.437. The zero-order chi connectivity index (χ0) is 14.2. The van der Waals surface area contributed by atoms with Crippen LogP contribution in [0.5, 0.6) is 0 Å². The van der Waals surface area contributed by atoms with Gasteiger partial charge < -0.3 is 4.90 Å². The molecule has 1 saturated carbocycles. The molecular formula is C17H24N2O. The number of benzene rings is 1. The van der Waals surface area contributed by atoms with E-state index in [1.165, 1.54) is 24.8 Å². The van der Waals surface area contributed by atoms with Gasteiger partial charge >= 0.3 is 0 Å². The van der Waals surface area contributed by atoms with E-state index in [1.807, 2.05) is 32.0 Å². The molecule has 1 aromatic carbocycles. The van der Waals surface area contributed by atoms with Gasteiger partial charge in [0.05, 0.1) is 5.54 Å². The highest BCUT2D eigenvalue weighted by Gasteiger charge is 2.45. The number of piperazine rings is 1. The molecule has 1 aliphatic heterocycles. The number of rotatable bonds is 2. The Bertz CT molecular complexity index is 483. The van der Waals surface area contributed by atoms with Gasteiger partial charge in [0.2, 0.25) is 5.91 Å². The predicted octanol–water partition coefficient (Wildman–Crippen LogP) is 2.71. The number of hydrogen-bond acceptors (Lipinski definition) is 2. The average Bonchev–Trinajstić information content (AvgIpc) is 2.44. The smallest absolute Gasteiger partial charge is 0.242 e. The van der Waals surface area contributed by atoms with Crippen LogP contribution in [0.15, 0.2) is 30.3 Å². The fourth-order valence-corrected chi connectivity index (χ4v) is 3.66. The van der Waals surface area contributed by atoms with Crippen LogP contribution in [0, 0.1) is 0 Å². The van der Waals surface area contributed by atoms with Gasteiger partial charge in [0.25, 0.3) is 0 Å². The van der Waals surface area contributed by atoms with Gasteiger partial charge in [-0.1, -0.05) is 43.2 Å².